The number of carbonyl (C=O) groups excluding carboxylic acids is 1. The maximum absolute atomic E-state index is 13.0. The fourth-order valence-electron chi connectivity index (χ4n) is 3.29. The molecule has 0 bridgehead atoms. The highest BCUT2D eigenvalue weighted by molar-refractivity contribution is 7.92. The van der Waals surface area contributed by atoms with Crippen LogP contribution in [0, 0.1) is 0 Å². The van der Waals surface area contributed by atoms with Crippen molar-refractivity contribution < 1.29 is 32.6 Å². The van der Waals surface area contributed by atoms with Gasteiger partial charge in [0, 0.05) is 19.0 Å². The molecule has 30 heavy (non-hydrogen) atoms. The summed E-state index contributed by atoms with van der Waals surface area (Å²) in [7, 11) is -1.32. The first-order valence-electron chi connectivity index (χ1n) is 9.15. The van der Waals surface area contributed by atoms with Crippen molar-refractivity contribution in [3.8, 4) is 11.5 Å². The van der Waals surface area contributed by atoms with Gasteiger partial charge in [0.2, 0.25) is 5.91 Å². The number of methoxy groups -OCH3 is 2. The van der Waals surface area contributed by atoms with Crippen LogP contribution in [0.5, 0.6) is 11.5 Å². The van der Waals surface area contributed by atoms with Gasteiger partial charge in [-0.05, 0) is 36.2 Å². The summed E-state index contributed by atoms with van der Waals surface area (Å²) in [5, 5.41) is 8.98. The zero-order valence-electron chi connectivity index (χ0n) is 16.5. The number of hydrogen-bond donors (Lipinski definition) is 2. The largest absolute Gasteiger partial charge is 0.495 e. The molecule has 1 amide bonds. The van der Waals surface area contributed by atoms with Crippen molar-refractivity contribution in [3.63, 3.8) is 0 Å². The highest BCUT2D eigenvalue weighted by Gasteiger charge is 2.26. The number of rotatable bonds is 8. The van der Waals surface area contributed by atoms with Gasteiger partial charge >= 0.3 is 5.97 Å². The molecule has 1 heterocycles. The minimum absolute atomic E-state index is 0.0124. The highest BCUT2D eigenvalue weighted by Crippen LogP contribution is 2.35. The van der Waals surface area contributed by atoms with E-state index < -0.39 is 16.0 Å². The first kappa shape index (κ1) is 21.4. The van der Waals surface area contributed by atoms with Gasteiger partial charge < -0.3 is 19.5 Å². The second kappa shape index (κ2) is 8.62. The van der Waals surface area contributed by atoms with E-state index in [-0.39, 0.29) is 28.7 Å². The quantitative estimate of drug-likeness (QED) is 0.653. The van der Waals surface area contributed by atoms with E-state index in [1.54, 1.807) is 11.0 Å². The maximum atomic E-state index is 13.0. The van der Waals surface area contributed by atoms with Gasteiger partial charge in [0.1, 0.15) is 16.4 Å². The number of nitrogens with one attached hydrogen (secondary N) is 1. The van der Waals surface area contributed by atoms with E-state index in [0.717, 1.165) is 6.42 Å². The normalized spacial score (nSPS) is 13.9. The molecule has 9 nitrogen and oxygen atoms in total. The Morgan fingerprint density at radius 3 is 2.47 bits per heavy atom. The molecular formula is C20H22N2O7S. The SMILES string of the molecule is COc1cc(NS(=O)(=O)c2cc(CC(=O)O)ccc2OC)ccc1N1CCCC1=O. The average Bonchev–Trinajstić information content (AvgIpc) is 3.12. The van der Waals surface area contributed by atoms with Crippen molar-refractivity contribution >= 4 is 33.3 Å². The van der Waals surface area contributed by atoms with Crippen LogP contribution in [0.4, 0.5) is 11.4 Å². The highest BCUT2D eigenvalue weighted by atomic mass is 32.2. The van der Waals surface area contributed by atoms with Crippen molar-refractivity contribution in [1.82, 2.24) is 0 Å². The molecule has 0 atom stereocenters. The molecule has 2 N–H and O–H groups in total. The summed E-state index contributed by atoms with van der Waals surface area (Å²) in [6, 6.07) is 8.83. The van der Waals surface area contributed by atoms with E-state index in [1.807, 2.05) is 0 Å². The molecule has 0 spiro atoms. The molecule has 0 aliphatic carbocycles. The Kier molecular flexibility index (Phi) is 6.16. The summed E-state index contributed by atoms with van der Waals surface area (Å²) >= 11 is 0. The summed E-state index contributed by atoms with van der Waals surface area (Å²) in [6.45, 7) is 0.577. The number of ether oxygens (including phenoxy) is 2. The summed E-state index contributed by atoms with van der Waals surface area (Å²) in [5.41, 5.74) is 1.13. The predicted molar refractivity (Wildman–Crippen MR) is 110 cm³/mol. The van der Waals surface area contributed by atoms with Gasteiger partial charge in [-0.25, -0.2) is 8.42 Å². The minimum atomic E-state index is -4.09. The van der Waals surface area contributed by atoms with Gasteiger partial charge in [-0.15, -0.1) is 0 Å². The summed E-state index contributed by atoms with van der Waals surface area (Å²) in [6.07, 6.45) is 0.895. The average molecular weight is 434 g/mol. The third kappa shape index (κ3) is 4.48. The molecule has 0 saturated carbocycles. The van der Waals surface area contributed by atoms with E-state index in [2.05, 4.69) is 4.72 Å². The molecule has 3 rings (SSSR count). The number of benzene rings is 2. The van der Waals surface area contributed by atoms with Gasteiger partial charge in [0.05, 0.1) is 32.0 Å². The number of carbonyl (C=O) groups is 2. The lowest BCUT2D eigenvalue weighted by Gasteiger charge is -2.20. The number of aliphatic carboxylic acids is 1. The van der Waals surface area contributed by atoms with Crippen LogP contribution in [-0.4, -0.2) is 46.2 Å². The molecule has 1 aliphatic rings. The monoisotopic (exact) mass is 434 g/mol. The maximum Gasteiger partial charge on any atom is 0.307 e. The van der Waals surface area contributed by atoms with Crippen LogP contribution in [0.25, 0.3) is 0 Å². The molecular weight excluding hydrogens is 412 g/mol. The Morgan fingerprint density at radius 1 is 1.13 bits per heavy atom. The summed E-state index contributed by atoms with van der Waals surface area (Å²) in [5.74, 6) is -0.644. The van der Waals surface area contributed by atoms with Crippen molar-refractivity contribution in [2.24, 2.45) is 0 Å². The van der Waals surface area contributed by atoms with Crippen molar-refractivity contribution in [1.29, 1.82) is 0 Å². The second-order valence-corrected chi connectivity index (χ2v) is 8.35. The first-order chi connectivity index (χ1) is 14.2. The smallest absolute Gasteiger partial charge is 0.307 e. The topological polar surface area (TPSA) is 122 Å². The third-order valence-corrected chi connectivity index (χ3v) is 6.07. The third-order valence-electron chi connectivity index (χ3n) is 4.67. The molecule has 2 aromatic rings. The molecule has 2 aromatic carbocycles. The molecule has 10 heteroatoms. The predicted octanol–water partition coefficient (Wildman–Crippen LogP) is 2.26. The Morgan fingerprint density at radius 2 is 1.87 bits per heavy atom. The lowest BCUT2D eigenvalue weighted by atomic mass is 10.1. The van der Waals surface area contributed by atoms with E-state index in [1.165, 1.54) is 44.6 Å². The second-order valence-electron chi connectivity index (χ2n) is 6.70. The van der Waals surface area contributed by atoms with E-state index in [0.29, 0.717) is 30.0 Å². The van der Waals surface area contributed by atoms with Crippen molar-refractivity contribution in [3.05, 3.63) is 42.0 Å². The lowest BCUT2D eigenvalue weighted by molar-refractivity contribution is -0.136. The Balaban J connectivity index is 1.93. The van der Waals surface area contributed by atoms with Crippen molar-refractivity contribution in [2.75, 3.05) is 30.4 Å². The summed E-state index contributed by atoms with van der Waals surface area (Å²) in [4.78, 5) is 24.4. The van der Waals surface area contributed by atoms with Gasteiger partial charge in [0.25, 0.3) is 10.0 Å². The fourth-order valence-corrected chi connectivity index (χ4v) is 4.56. The fraction of sp³-hybridized carbons (Fsp3) is 0.300. The Bertz CT molecular complexity index is 1080. The van der Waals surface area contributed by atoms with Crippen LogP contribution in [0.1, 0.15) is 18.4 Å². The molecule has 0 aromatic heterocycles. The number of carboxylic acid groups (broad SMARTS) is 1. The number of anilines is 2. The van der Waals surface area contributed by atoms with Crippen LogP contribution in [-0.2, 0) is 26.0 Å². The number of nitrogens with zero attached hydrogens (tertiary/aromatic N) is 1. The van der Waals surface area contributed by atoms with Crippen molar-refractivity contribution in [2.45, 2.75) is 24.2 Å². The van der Waals surface area contributed by atoms with E-state index in [9.17, 15) is 18.0 Å². The van der Waals surface area contributed by atoms with E-state index in [4.69, 9.17) is 14.6 Å². The number of hydrogen-bond acceptors (Lipinski definition) is 6. The zero-order valence-corrected chi connectivity index (χ0v) is 17.4. The van der Waals surface area contributed by atoms with Crippen LogP contribution < -0.4 is 19.1 Å². The van der Waals surface area contributed by atoms with E-state index >= 15 is 0 Å². The standard InChI is InChI=1S/C20H22N2O7S/c1-28-16-8-5-13(11-20(24)25)10-18(16)30(26,27)21-14-6-7-15(17(12-14)29-2)22-9-3-4-19(22)23/h5-8,10,12,21H,3-4,9,11H2,1-2H3,(H,24,25). The molecule has 1 aliphatic heterocycles. The zero-order chi connectivity index (χ0) is 21.9. The van der Waals surface area contributed by atoms with Gasteiger partial charge in [-0.2, -0.15) is 0 Å². The molecule has 1 fully saturated rings. The molecule has 160 valence electrons. The van der Waals surface area contributed by atoms with Crippen LogP contribution in [0.3, 0.4) is 0 Å². The number of carboxylic acids is 1. The minimum Gasteiger partial charge on any atom is -0.495 e. The Labute approximate surface area is 174 Å². The number of amides is 1. The van der Waals surface area contributed by atoms with Gasteiger partial charge in [-0.1, -0.05) is 6.07 Å². The van der Waals surface area contributed by atoms with Crippen LogP contribution >= 0.6 is 0 Å². The number of sulfonamides is 1. The lowest BCUT2D eigenvalue weighted by Crippen LogP contribution is -2.24. The molecule has 1 saturated heterocycles. The van der Waals surface area contributed by atoms with Gasteiger partial charge in [0.15, 0.2) is 0 Å². The molecule has 0 unspecified atom stereocenters. The summed E-state index contributed by atoms with van der Waals surface area (Å²) < 4.78 is 38.9. The van der Waals surface area contributed by atoms with Crippen LogP contribution in [0.2, 0.25) is 0 Å². The first-order valence-corrected chi connectivity index (χ1v) is 10.6. The molecule has 0 radical (unpaired) electrons. The Hall–Kier alpha value is -3.27. The van der Waals surface area contributed by atoms with Crippen LogP contribution in [0.15, 0.2) is 41.3 Å². The van der Waals surface area contributed by atoms with Gasteiger partial charge in [-0.3, -0.25) is 14.3 Å².